The molecule has 3 rings (SSSR count). The number of hydrogen-bond donors (Lipinski definition) is 1. The Morgan fingerprint density at radius 2 is 2.00 bits per heavy atom. The Morgan fingerprint density at radius 1 is 1.16 bits per heavy atom. The van der Waals surface area contributed by atoms with Crippen molar-refractivity contribution in [2.24, 2.45) is 0 Å². The van der Waals surface area contributed by atoms with E-state index in [4.69, 9.17) is 4.74 Å². The summed E-state index contributed by atoms with van der Waals surface area (Å²) in [7, 11) is 0. The summed E-state index contributed by atoms with van der Waals surface area (Å²) in [4.78, 5) is 24.6. The molecule has 128 valence electrons. The van der Waals surface area contributed by atoms with Crippen molar-refractivity contribution in [2.75, 3.05) is 13.2 Å². The minimum atomic E-state index is -0.167. The Labute approximate surface area is 145 Å². The molecule has 0 saturated carbocycles. The van der Waals surface area contributed by atoms with Crippen LogP contribution in [0.4, 0.5) is 0 Å². The molecular formula is C18H19N5O2. The highest BCUT2D eigenvalue weighted by Gasteiger charge is 2.08. The fourth-order valence-corrected chi connectivity index (χ4v) is 2.33. The van der Waals surface area contributed by atoms with Crippen LogP contribution in [-0.4, -0.2) is 38.6 Å². The van der Waals surface area contributed by atoms with E-state index < -0.39 is 0 Å². The number of ether oxygens (including phenoxy) is 1. The molecule has 0 aliphatic carbocycles. The van der Waals surface area contributed by atoms with Gasteiger partial charge in [0.15, 0.2) is 18.3 Å². The van der Waals surface area contributed by atoms with Gasteiger partial charge in [-0.25, -0.2) is 15.0 Å². The fraction of sp³-hybridized carbons (Fsp3) is 0.222. The number of carbonyl (C=O) groups excluding carboxylic acids is 1. The van der Waals surface area contributed by atoms with Gasteiger partial charge in [0.05, 0.1) is 0 Å². The predicted molar refractivity (Wildman–Crippen MR) is 92.9 cm³/mol. The van der Waals surface area contributed by atoms with Crippen LogP contribution in [0.2, 0.25) is 0 Å². The molecule has 0 unspecified atom stereocenters. The zero-order chi connectivity index (χ0) is 17.5. The van der Waals surface area contributed by atoms with Gasteiger partial charge in [0.1, 0.15) is 5.75 Å². The first-order valence-electron chi connectivity index (χ1n) is 7.97. The van der Waals surface area contributed by atoms with Crippen molar-refractivity contribution < 1.29 is 9.53 Å². The summed E-state index contributed by atoms with van der Waals surface area (Å²) in [5.74, 6) is 1.75. The van der Waals surface area contributed by atoms with E-state index in [1.165, 1.54) is 0 Å². The van der Waals surface area contributed by atoms with Crippen LogP contribution in [0.1, 0.15) is 5.56 Å². The van der Waals surface area contributed by atoms with Gasteiger partial charge in [-0.1, -0.05) is 12.1 Å². The zero-order valence-corrected chi connectivity index (χ0v) is 13.9. The molecule has 1 N–H and O–H groups in total. The van der Waals surface area contributed by atoms with E-state index in [-0.39, 0.29) is 12.5 Å². The molecule has 25 heavy (non-hydrogen) atoms. The highest BCUT2D eigenvalue weighted by Crippen LogP contribution is 2.12. The lowest BCUT2D eigenvalue weighted by Crippen LogP contribution is -2.31. The molecule has 7 heteroatoms. The van der Waals surface area contributed by atoms with Crippen LogP contribution in [-0.2, 0) is 11.3 Å². The largest absolute Gasteiger partial charge is 0.484 e. The second kappa shape index (κ2) is 8.05. The fourth-order valence-electron chi connectivity index (χ4n) is 2.33. The van der Waals surface area contributed by atoms with Crippen LogP contribution in [0, 0.1) is 6.92 Å². The average molecular weight is 337 g/mol. The van der Waals surface area contributed by atoms with Crippen molar-refractivity contribution in [3.63, 3.8) is 0 Å². The van der Waals surface area contributed by atoms with Crippen molar-refractivity contribution in [3.05, 3.63) is 60.7 Å². The number of rotatable bonds is 7. The van der Waals surface area contributed by atoms with Crippen LogP contribution in [0.25, 0.3) is 11.6 Å². The van der Waals surface area contributed by atoms with Gasteiger partial charge in [0.25, 0.3) is 5.91 Å². The van der Waals surface area contributed by atoms with Crippen molar-refractivity contribution in [1.82, 2.24) is 24.8 Å². The van der Waals surface area contributed by atoms with Gasteiger partial charge < -0.3 is 14.6 Å². The Balaban J connectivity index is 1.47. The first kappa shape index (κ1) is 16.6. The molecule has 0 aliphatic heterocycles. The maximum atomic E-state index is 11.9. The van der Waals surface area contributed by atoms with E-state index in [1.54, 1.807) is 24.7 Å². The van der Waals surface area contributed by atoms with Crippen LogP contribution in [0.15, 0.2) is 55.1 Å². The summed E-state index contributed by atoms with van der Waals surface area (Å²) in [6.45, 7) is 3.00. The minimum Gasteiger partial charge on any atom is -0.484 e. The maximum absolute atomic E-state index is 11.9. The lowest BCUT2D eigenvalue weighted by Gasteiger charge is -2.09. The van der Waals surface area contributed by atoms with Gasteiger partial charge in [-0.2, -0.15) is 0 Å². The highest BCUT2D eigenvalue weighted by molar-refractivity contribution is 5.77. The van der Waals surface area contributed by atoms with Crippen molar-refractivity contribution in [1.29, 1.82) is 0 Å². The molecule has 7 nitrogen and oxygen atoms in total. The van der Waals surface area contributed by atoms with E-state index >= 15 is 0 Å². The molecule has 1 amide bonds. The second-order valence-electron chi connectivity index (χ2n) is 5.47. The smallest absolute Gasteiger partial charge is 0.258 e. The molecule has 3 aromatic rings. The number of nitrogens with zero attached hydrogens (tertiary/aromatic N) is 4. The van der Waals surface area contributed by atoms with Crippen molar-refractivity contribution >= 4 is 5.91 Å². The standard InChI is InChI=1S/C18H19N5O2/c1-14-4-2-5-15(12-14)25-13-16(24)19-8-10-23-11-9-22-18(23)17-20-6-3-7-21-17/h2-7,9,11-12H,8,10,13H2,1H3,(H,19,24). The van der Waals surface area contributed by atoms with E-state index in [0.717, 1.165) is 5.56 Å². The van der Waals surface area contributed by atoms with E-state index in [1.807, 2.05) is 42.0 Å². The Morgan fingerprint density at radius 3 is 2.80 bits per heavy atom. The zero-order valence-electron chi connectivity index (χ0n) is 13.9. The van der Waals surface area contributed by atoms with Gasteiger partial charge in [-0.05, 0) is 30.7 Å². The van der Waals surface area contributed by atoms with Crippen molar-refractivity contribution in [3.8, 4) is 17.4 Å². The van der Waals surface area contributed by atoms with E-state index in [2.05, 4.69) is 20.3 Å². The van der Waals surface area contributed by atoms with Gasteiger partial charge in [0, 0.05) is 37.9 Å². The van der Waals surface area contributed by atoms with Gasteiger partial charge in [-0.15, -0.1) is 0 Å². The predicted octanol–water partition coefficient (Wildman–Crippen LogP) is 1.84. The summed E-state index contributed by atoms with van der Waals surface area (Å²) < 4.78 is 7.38. The molecule has 2 aromatic heterocycles. The first-order valence-corrected chi connectivity index (χ1v) is 7.97. The third-order valence-electron chi connectivity index (χ3n) is 3.52. The lowest BCUT2D eigenvalue weighted by atomic mass is 10.2. The van der Waals surface area contributed by atoms with Gasteiger partial charge in [0.2, 0.25) is 0 Å². The van der Waals surface area contributed by atoms with Crippen LogP contribution < -0.4 is 10.1 Å². The number of benzene rings is 1. The molecule has 1 aromatic carbocycles. The molecule has 0 bridgehead atoms. The van der Waals surface area contributed by atoms with E-state index in [9.17, 15) is 4.79 Å². The molecule has 0 fully saturated rings. The summed E-state index contributed by atoms with van der Waals surface area (Å²) in [5, 5.41) is 2.83. The number of hydrogen-bond acceptors (Lipinski definition) is 5. The summed E-state index contributed by atoms with van der Waals surface area (Å²) in [6.07, 6.45) is 6.87. The third kappa shape index (κ3) is 4.63. The Kier molecular flexibility index (Phi) is 5.36. The van der Waals surface area contributed by atoms with E-state index in [0.29, 0.717) is 30.5 Å². The quantitative estimate of drug-likeness (QED) is 0.711. The molecule has 0 atom stereocenters. The number of aromatic nitrogens is 4. The minimum absolute atomic E-state index is 0.0119. The number of amides is 1. The molecule has 0 saturated heterocycles. The molecule has 0 radical (unpaired) electrons. The molecular weight excluding hydrogens is 318 g/mol. The SMILES string of the molecule is Cc1cccc(OCC(=O)NCCn2ccnc2-c2ncccn2)c1. The third-order valence-corrected chi connectivity index (χ3v) is 3.52. The second-order valence-corrected chi connectivity index (χ2v) is 5.47. The molecule has 0 spiro atoms. The molecule has 0 aliphatic rings. The van der Waals surface area contributed by atoms with Gasteiger partial charge in [-0.3, -0.25) is 4.79 Å². The summed E-state index contributed by atoms with van der Waals surface area (Å²) in [5.41, 5.74) is 1.09. The first-order chi connectivity index (χ1) is 12.2. The number of nitrogens with one attached hydrogen (secondary N) is 1. The van der Waals surface area contributed by atoms with Crippen molar-refractivity contribution in [2.45, 2.75) is 13.5 Å². The van der Waals surface area contributed by atoms with Crippen LogP contribution in [0.5, 0.6) is 5.75 Å². The monoisotopic (exact) mass is 337 g/mol. The molecule has 2 heterocycles. The Hall–Kier alpha value is -3.22. The highest BCUT2D eigenvalue weighted by atomic mass is 16.5. The normalized spacial score (nSPS) is 10.4. The Bertz CT molecular complexity index is 832. The van der Waals surface area contributed by atoms with Crippen LogP contribution >= 0.6 is 0 Å². The summed E-state index contributed by atoms with van der Waals surface area (Å²) in [6, 6.07) is 9.36. The topological polar surface area (TPSA) is 81.9 Å². The number of carbonyl (C=O) groups is 1. The summed E-state index contributed by atoms with van der Waals surface area (Å²) >= 11 is 0. The van der Waals surface area contributed by atoms with Gasteiger partial charge >= 0.3 is 0 Å². The maximum Gasteiger partial charge on any atom is 0.258 e. The number of aryl methyl sites for hydroxylation is 1. The number of imidazole rings is 1. The van der Waals surface area contributed by atoms with Crippen LogP contribution in [0.3, 0.4) is 0 Å². The lowest BCUT2D eigenvalue weighted by molar-refractivity contribution is -0.123. The average Bonchev–Trinajstić information content (AvgIpc) is 3.09.